The number of benzene rings is 1. The lowest BCUT2D eigenvalue weighted by molar-refractivity contribution is -0.147. The van der Waals surface area contributed by atoms with E-state index in [1.54, 1.807) is 18.2 Å². The van der Waals surface area contributed by atoms with Crippen molar-refractivity contribution < 1.29 is 23.8 Å². The Labute approximate surface area is 195 Å². The smallest absolute Gasteiger partial charge is 0.316 e. The van der Waals surface area contributed by atoms with Gasteiger partial charge in [-0.2, -0.15) is 0 Å². The number of Topliss-reactive ketones (excluding diaryl/α,β-unsaturated/α-hetero) is 1. The minimum atomic E-state index is -0.858. The molecule has 0 aliphatic rings. The Hall–Kier alpha value is -2.04. The number of ketones is 1. The van der Waals surface area contributed by atoms with Crippen LogP contribution in [-0.2, 0) is 9.53 Å². The van der Waals surface area contributed by atoms with Crippen LogP contribution >= 0.6 is 0 Å². The molecule has 5 nitrogen and oxygen atoms in total. The lowest BCUT2D eigenvalue weighted by atomic mass is 9.89. The van der Waals surface area contributed by atoms with E-state index in [1.807, 2.05) is 13.8 Å². The van der Waals surface area contributed by atoms with Crippen LogP contribution in [0.3, 0.4) is 0 Å². The lowest BCUT2D eigenvalue weighted by Gasteiger charge is -2.19. The van der Waals surface area contributed by atoms with Gasteiger partial charge in [-0.3, -0.25) is 9.59 Å². The number of hydrogen-bond acceptors (Lipinski definition) is 5. The zero-order valence-electron chi connectivity index (χ0n) is 20.9. The largest absolute Gasteiger partial charge is 0.496 e. The molecule has 0 fully saturated rings. The molecule has 32 heavy (non-hydrogen) atoms. The molecule has 0 saturated heterocycles. The van der Waals surface area contributed by atoms with E-state index in [1.165, 1.54) is 59.2 Å². The Morgan fingerprint density at radius 1 is 0.812 bits per heavy atom. The Balaban J connectivity index is 2.54. The summed E-state index contributed by atoms with van der Waals surface area (Å²) in [5.41, 5.74) is 0.305. The maximum atomic E-state index is 13.3. The van der Waals surface area contributed by atoms with Gasteiger partial charge in [0.2, 0.25) is 0 Å². The van der Waals surface area contributed by atoms with Gasteiger partial charge in [-0.1, -0.05) is 84.6 Å². The van der Waals surface area contributed by atoms with E-state index in [9.17, 15) is 9.59 Å². The van der Waals surface area contributed by atoms with Crippen LogP contribution in [-0.4, -0.2) is 32.6 Å². The molecule has 1 aromatic carbocycles. The van der Waals surface area contributed by atoms with Crippen molar-refractivity contribution in [1.82, 2.24) is 0 Å². The number of carbonyl (C=O) groups is 2. The van der Waals surface area contributed by atoms with Gasteiger partial charge in [0.25, 0.3) is 0 Å². The summed E-state index contributed by atoms with van der Waals surface area (Å²) in [4.78, 5) is 26.2. The highest BCUT2D eigenvalue weighted by molar-refractivity contribution is 6.11. The molecule has 1 atom stereocenters. The van der Waals surface area contributed by atoms with E-state index in [0.717, 1.165) is 19.3 Å². The summed E-state index contributed by atoms with van der Waals surface area (Å²) in [5, 5.41) is 0. The maximum Gasteiger partial charge on any atom is 0.316 e. The van der Waals surface area contributed by atoms with Gasteiger partial charge in [-0.05, 0) is 30.9 Å². The predicted molar refractivity (Wildman–Crippen MR) is 130 cm³/mol. The number of esters is 1. The van der Waals surface area contributed by atoms with Crippen LogP contribution in [0, 0.1) is 11.8 Å². The fraction of sp³-hybridized carbons (Fsp3) is 0.704. The van der Waals surface area contributed by atoms with E-state index in [0.29, 0.717) is 30.1 Å². The van der Waals surface area contributed by atoms with E-state index in [4.69, 9.17) is 14.2 Å². The normalized spacial score (nSPS) is 11.9. The van der Waals surface area contributed by atoms with E-state index < -0.39 is 11.9 Å². The highest BCUT2D eigenvalue weighted by Gasteiger charge is 2.33. The summed E-state index contributed by atoms with van der Waals surface area (Å²) >= 11 is 0. The van der Waals surface area contributed by atoms with Crippen LogP contribution in [0.5, 0.6) is 11.5 Å². The second-order valence-corrected chi connectivity index (χ2v) is 8.93. The average molecular weight is 449 g/mol. The molecule has 0 radical (unpaired) electrons. The Kier molecular flexibility index (Phi) is 14.5. The third-order valence-electron chi connectivity index (χ3n) is 5.72. The zero-order valence-corrected chi connectivity index (χ0v) is 20.9. The summed E-state index contributed by atoms with van der Waals surface area (Å²) in [7, 11) is 3.01. The first kappa shape index (κ1) is 28.0. The summed E-state index contributed by atoms with van der Waals surface area (Å²) in [6.07, 6.45) is 12.6. The first-order valence-electron chi connectivity index (χ1n) is 12.4. The van der Waals surface area contributed by atoms with Gasteiger partial charge in [0, 0.05) is 0 Å². The van der Waals surface area contributed by atoms with Gasteiger partial charge >= 0.3 is 5.97 Å². The molecule has 0 N–H and O–H groups in total. The van der Waals surface area contributed by atoms with Crippen molar-refractivity contribution in [1.29, 1.82) is 0 Å². The molecule has 1 aromatic rings. The Morgan fingerprint density at radius 2 is 1.31 bits per heavy atom. The summed E-state index contributed by atoms with van der Waals surface area (Å²) < 4.78 is 16.3. The molecular formula is C27H44O5. The second-order valence-electron chi connectivity index (χ2n) is 8.93. The molecule has 0 heterocycles. The molecule has 0 bridgehead atoms. The molecule has 0 aliphatic heterocycles. The number of rotatable bonds is 18. The highest BCUT2D eigenvalue weighted by Crippen LogP contribution is 2.32. The molecule has 1 unspecified atom stereocenters. The number of hydrogen-bond donors (Lipinski definition) is 0. The first-order valence-corrected chi connectivity index (χ1v) is 12.4. The SMILES string of the molecule is CCCCCCCCCCCCOC(=O)C(CC(C)C)C(=O)c1c(OC)cccc1OC. The minimum absolute atomic E-state index is 0.175. The molecule has 0 amide bonds. The molecule has 0 spiro atoms. The highest BCUT2D eigenvalue weighted by atomic mass is 16.5. The van der Waals surface area contributed by atoms with Crippen LogP contribution in [0.1, 0.15) is 102 Å². The topological polar surface area (TPSA) is 61.8 Å². The van der Waals surface area contributed by atoms with Crippen molar-refractivity contribution in [2.45, 2.75) is 91.4 Å². The maximum absolute atomic E-state index is 13.3. The molecule has 0 aromatic heterocycles. The lowest BCUT2D eigenvalue weighted by Crippen LogP contribution is -2.28. The van der Waals surface area contributed by atoms with Crippen molar-refractivity contribution >= 4 is 11.8 Å². The number of unbranched alkanes of at least 4 members (excludes halogenated alkanes) is 9. The van der Waals surface area contributed by atoms with Crippen LogP contribution in [0.4, 0.5) is 0 Å². The van der Waals surface area contributed by atoms with Gasteiger partial charge in [-0.15, -0.1) is 0 Å². The van der Waals surface area contributed by atoms with Crippen LogP contribution < -0.4 is 9.47 Å². The van der Waals surface area contributed by atoms with Crippen molar-refractivity contribution in [2.24, 2.45) is 11.8 Å². The van der Waals surface area contributed by atoms with Gasteiger partial charge in [-0.25, -0.2) is 0 Å². The number of ether oxygens (including phenoxy) is 3. The van der Waals surface area contributed by atoms with E-state index >= 15 is 0 Å². The van der Waals surface area contributed by atoms with E-state index in [-0.39, 0.29) is 11.7 Å². The average Bonchev–Trinajstić information content (AvgIpc) is 2.79. The third kappa shape index (κ3) is 10.1. The minimum Gasteiger partial charge on any atom is -0.496 e. The fourth-order valence-electron chi connectivity index (χ4n) is 3.91. The molecular weight excluding hydrogens is 404 g/mol. The van der Waals surface area contributed by atoms with Gasteiger partial charge in [0.1, 0.15) is 23.0 Å². The predicted octanol–water partition coefficient (Wildman–Crippen LogP) is 7.01. The fourth-order valence-corrected chi connectivity index (χ4v) is 3.91. The molecule has 1 rings (SSSR count). The Morgan fingerprint density at radius 3 is 1.78 bits per heavy atom. The molecule has 182 valence electrons. The van der Waals surface area contributed by atoms with Crippen molar-refractivity contribution in [3.63, 3.8) is 0 Å². The molecule has 5 heteroatoms. The monoisotopic (exact) mass is 448 g/mol. The number of methoxy groups -OCH3 is 2. The van der Waals surface area contributed by atoms with Crippen molar-refractivity contribution in [2.75, 3.05) is 20.8 Å². The standard InChI is InChI=1S/C27H44O5/c1-6-7-8-9-10-11-12-13-14-15-19-32-27(29)22(20-21(2)3)26(28)25-23(30-4)17-16-18-24(25)31-5/h16-18,21-22H,6-15,19-20H2,1-5H3. The van der Waals surface area contributed by atoms with Crippen LogP contribution in [0.25, 0.3) is 0 Å². The van der Waals surface area contributed by atoms with Crippen molar-refractivity contribution in [3.05, 3.63) is 23.8 Å². The molecule has 0 saturated carbocycles. The quantitative estimate of drug-likeness (QED) is 0.105. The van der Waals surface area contributed by atoms with Crippen molar-refractivity contribution in [3.8, 4) is 11.5 Å². The van der Waals surface area contributed by atoms with Gasteiger partial charge in [0.05, 0.1) is 20.8 Å². The third-order valence-corrected chi connectivity index (χ3v) is 5.72. The second kappa shape index (κ2) is 16.6. The summed E-state index contributed by atoms with van der Waals surface area (Å²) in [5.74, 6) is -0.622. The Bertz CT molecular complexity index is 646. The summed E-state index contributed by atoms with van der Waals surface area (Å²) in [6.45, 7) is 6.59. The van der Waals surface area contributed by atoms with Crippen LogP contribution in [0.15, 0.2) is 18.2 Å². The van der Waals surface area contributed by atoms with Gasteiger partial charge in [0.15, 0.2) is 5.78 Å². The molecule has 0 aliphatic carbocycles. The first-order chi connectivity index (χ1) is 15.5. The summed E-state index contributed by atoms with van der Waals surface area (Å²) in [6, 6.07) is 5.17. The van der Waals surface area contributed by atoms with Gasteiger partial charge < -0.3 is 14.2 Å². The zero-order chi connectivity index (χ0) is 23.8. The van der Waals surface area contributed by atoms with E-state index in [2.05, 4.69) is 6.92 Å². The number of carbonyl (C=O) groups excluding carboxylic acids is 2. The van der Waals surface area contributed by atoms with Crippen LogP contribution in [0.2, 0.25) is 0 Å².